The minimum absolute atomic E-state index is 0.0615. The Morgan fingerprint density at radius 1 is 0.929 bits per heavy atom. The fourth-order valence-electron chi connectivity index (χ4n) is 4.47. The van der Waals surface area contributed by atoms with Crippen LogP contribution in [0.3, 0.4) is 0 Å². The number of halogens is 1. The number of aliphatic hydroxyl groups excluding tert-OH is 1. The van der Waals surface area contributed by atoms with Gasteiger partial charge in [-0.25, -0.2) is 0 Å². The van der Waals surface area contributed by atoms with Crippen LogP contribution in [0.1, 0.15) is 22.7 Å². The number of anilines is 1. The Kier molecular flexibility index (Phi) is 8.00. The predicted octanol–water partition coefficient (Wildman–Crippen LogP) is 7.30. The van der Waals surface area contributed by atoms with Crippen molar-refractivity contribution >= 4 is 57.3 Å². The lowest BCUT2D eigenvalue weighted by Gasteiger charge is -2.23. The number of carbonyl (C=O) groups is 2. The van der Waals surface area contributed by atoms with Crippen molar-refractivity contribution in [2.75, 3.05) is 4.90 Å². The first kappa shape index (κ1) is 27.6. The molecule has 6 rings (SSSR count). The van der Waals surface area contributed by atoms with Crippen LogP contribution < -0.4 is 9.64 Å². The lowest BCUT2D eigenvalue weighted by Crippen LogP contribution is -2.29. The molecule has 3 aromatic carbocycles. The fourth-order valence-corrected chi connectivity index (χ4v) is 6.42. The molecule has 1 amide bonds. The lowest BCUT2D eigenvalue weighted by atomic mass is 9.95. The van der Waals surface area contributed by atoms with Crippen LogP contribution in [0.15, 0.2) is 113 Å². The average molecular weight is 613 g/mol. The normalized spacial score (nSPS) is 16.1. The first-order chi connectivity index (χ1) is 20.5. The molecule has 1 saturated heterocycles. The lowest BCUT2D eigenvalue weighted by molar-refractivity contribution is -0.132. The number of hydrogen-bond acceptors (Lipinski definition) is 9. The number of aromatic nitrogens is 3. The molecule has 1 aliphatic rings. The Bertz CT molecular complexity index is 1780. The van der Waals surface area contributed by atoms with Gasteiger partial charge in [0.05, 0.1) is 11.6 Å². The van der Waals surface area contributed by atoms with Crippen LogP contribution in [-0.2, 0) is 15.3 Å². The van der Waals surface area contributed by atoms with Crippen molar-refractivity contribution < 1.29 is 19.4 Å². The molecule has 208 valence electrons. The van der Waals surface area contributed by atoms with Gasteiger partial charge >= 0.3 is 5.91 Å². The standard InChI is InChI=1S/C31H21ClN4O4S2/c32-22-11-9-19(10-12-22)18-41-31-35-34-30(42-31)36-26(21-5-4-8-24(17-21)40-23-6-2-1-3-7-23)25(28(38)29(36)39)27(37)20-13-15-33-16-14-20/h1-17,26,37H,18H2. The van der Waals surface area contributed by atoms with Gasteiger partial charge in [0.15, 0.2) is 4.34 Å². The molecule has 0 radical (unpaired) electrons. The third kappa shape index (κ3) is 5.78. The number of aliphatic hydroxyl groups is 1. The molecule has 42 heavy (non-hydrogen) atoms. The highest BCUT2D eigenvalue weighted by Crippen LogP contribution is 2.44. The van der Waals surface area contributed by atoms with E-state index in [0.717, 1.165) is 5.56 Å². The van der Waals surface area contributed by atoms with Gasteiger partial charge in [-0.1, -0.05) is 77.2 Å². The first-order valence-electron chi connectivity index (χ1n) is 12.7. The SMILES string of the molecule is O=C1C(=O)N(c2nnc(SCc3ccc(Cl)cc3)s2)C(c2cccc(Oc3ccccc3)c2)C1=C(O)c1ccncc1. The van der Waals surface area contributed by atoms with Crippen LogP contribution in [0.2, 0.25) is 5.02 Å². The smallest absolute Gasteiger partial charge is 0.301 e. The Morgan fingerprint density at radius 2 is 1.67 bits per heavy atom. The molecule has 3 heterocycles. The number of thioether (sulfide) groups is 1. The predicted molar refractivity (Wildman–Crippen MR) is 163 cm³/mol. The molecule has 1 atom stereocenters. The second kappa shape index (κ2) is 12.2. The molecular formula is C31H21ClN4O4S2. The van der Waals surface area contributed by atoms with E-state index in [4.69, 9.17) is 16.3 Å². The number of pyridine rings is 1. The molecule has 0 spiro atoms. The average Bonchev–Trinajstić information content (AvgIpc) is 3.59. The van der Waals surface area contributed by atoms with Gasteiger partial charge in [-0.15, -0.1) is 10.2 Å². The third-order valence-electron chi connectivity index (χ3n) is 6.43. The summed E-state index contributed by atoms with van der Waals surface area (Å²) in [6, 6.07) is 26.0. The number of Topliss-reactive ketones (excluding diaryl/α,β-unsaturated/α-hetero) is 1. The molecule has 0 bridgehead atoms. The monoisotopic (exact) mass is 612 g/mol. The molecule has 2 aromatic heterocycles. The van der Waals surface area contributed by atoms with Crippen molar-refractivity contribution in [2.24, 2.45) is 0 Å². The number of rotatable bonds is 8. The van der Waals surface area contributed by atoms with E-state index in [1.807, 2.05) is 54.6 Å². The fraction of sp³-hybridized carbons (Fsp3) is 0.0645. The van der Waals surface area contributed by atoms with Crippen molar-refractivity contribution in [1.82, 2.24) is 15.2 Å². The van der Waals surface area contributed by atoms with E-state index >= 15 is 0 Å². The summed E-state index contributed by atoms with van der Waals surface area (Å²) in [4.78, 5) is 32.3. The van der Waals surface area contributed by atoms with E-state index in [2.05, 4.69) is 15.2 Å². The minimum atomic E-state index is -0.973. The van der Waals surface area contributed by atoms with Crippen LogP contribution in [0.5, 0.6) is 11.5 Å². The van der Waals surface area contributed by atoms with E-state index in [1.165, 1.54) is 40.4 Å². The van der Waals surface area contributed by atoms with Gasteiger partial charge in [0, 0.05) is 28.7 Å². The van der Waals surface area contributed by atoms with Crippen molar-refractivity contribution in [1.29, 1.82) is 0 Å². The van der Waals surface area contributed by atoms with Crippen molar-refractivity contribution in [3.05, 3.63) is 131 Å². The Balaban J connectivity index is 1.38. The quantitative estimate of drug-likeness (QED) is 0.0640. The largest absolute Gasteiger partial charge is 0.507 e. The highest BCUT2D eigenvalue weighted by atomic mass is 35.5. The van der Waals surface area contributed by atoms with E-state index < -0.39 is 17.7 Å². The maximum Gasteiger partial charge on any atom is 0.301 e. The van der Waals surface area contributed by atoms with E-state index in [9.17, 15) is 14.7 Å². The summed E-state index contributed by atoms with van der Waals surface area (Å²) in [7, 11) is 0. The first-order valence-corrected chi connectivity index (χ1v) is 14.9. The third-order valence-corrected chi connectivity index (χ3v) is 8.81. The van der Waals surface area contributed by atoms with E-state index in [1.54, 1.807) is 36.4 Å². The summed E-state index contributed by atoms with van der Waals surface area (Å²) in [6.07, 6.45) is 3.01. The molecule has 5 aromatic rings. The Labute approximate surface area is 254 Å². The van der Waals surface area contributed by atoms with Crippen molar-refractivity contribution in [2.45, 2.75) is 16.1 Å². The van der Waals surface area contributed by atoms with Gasteiger partial charge in [-0.05, 0) is 59.7 Å². The number of nitrogens with zero attached hydrogens (tertiary/aromatic N) is 4. The summed E-state index contributed by atoms with van der Waals surface area (Å²) in [6.45, 7) is 0. The number of benzene rings is 3. The maximum absolute atomic E-state index is 13.5. The van der Waals surface area contributed by atoms with Crippen LogP contribution in [0, 0.1) is 0 Å². The number of carbonyl (C=O) groups excluding carboxylic acids is 2. The summed E-state index contributed by atoms with van der Waals surface area (Å²) in [5.41, 5.74) is 1.91. The molecule has 11 heteroatoms. The maximum atomic E-state index is 13.5. The summed E-state index contributed by atoms with van der Waals surface area (Å²) < 4.78 is 6.65. The van der Waals surface area contributed by atoms with E-state index in [0.29, 0.717) is 37.7 Å². The highest BCUT2D eigenvalue weighted by molar-refractivity contribution is 8.00. The minimum Gasteiger partial charge on any atom is -0.507 e. The molecule has 1 fully saturated rings. The van der Waals surface area contributed by atoms with Gasteiger partial charge in [-0.2, -0.15) is 0 Å². The zero-order valence-electron chi connectivity index (χ0n) is 21.8. The second-order valence-electron chi connectivity index (χ2n) is 9.16. The second-order valence-corrected chi connectivity index (χ2v) is 11.8. The number of amides is 1. The number of ether oxygens (including phenoxy) is 1. The molecule has 1 N–H and O–H groups in total. The van der Waals surface area contributed by atoms with Crippen molar-refractivity contribution in [3.8, 4) is 11.5 Å². The zero-order chi connectivity index (χ0) is 29.1. The van der Waals surface area contributed by atoms with E-state index in [-0.39, 0.29) is 16.5 Å². The highest BCUT2D eigenvalue weighted by Gasteiger charge is 2.48. The van der Waals surface area contributed by atoms with Gasteiger partial charge in [0.1, 0.15) is 17.3 Å². The summed E-state index contributed by atoms with van der Waals surface area (Å²) in [5.74, 6) is -0.185. The number of para-hydroxylation sites is 1. The van der Waals surface area contributed by atoms with Crippen LogP contribution in [0.4, 0.5) is 5.13 Å². The van der Waals surface area contributed by atoms with Crippen LogP contribution in [0.25, 0.3) is 5.76 Å². The molecule has 8 nitrogen and oxygen atoms in total. The van der Waals surface area contributed by atoms with Gasteiger partial charge < -0.3 is 9.84 Å². The van der Waals surface area contributed by atoms with Crippen molar-refractivity contribution in [3.63, 3.8) is 0 Å². The van der Waals surface area contributed by atoms with Gasteiger partial charge in [-0.3, -0.25) is 19.5 Å². The number of hydrogen-bond donors (Lipinski definition) is 1. The van der Waals surface area contributed by atoms with Crippen LogP contribution in [-0.4, -0.2) is 32.0 Å². The molecule has 0 saturated carbocycles. The topological polar surface area (TPSA) is 106 Å². The number of ketones is 1. The summed E-state index contributed by atoms with van der Waals surface area (Å²) in [5, 5.41) is 20.8. The van der Waals surface area contributed by atoms with Gasteiger partial charge in [0.2, 0.25) is 5.13 Å². The van der Waals surface area contributed by atoms with Gasteiger partial charge in [0.25, 0.3) is 5.78 Å². The summed E-state index contributed by atoms with van der Waals surface area (Å²) >= 11 is 8.64. The Hall–Kier alpha value is -4.51. The Morgan fingerprint density at radius 3 is 2.43 bits per heavy atom. The molecule has 0 aliphatic carbocycles. The molecule has 1 aliphatic heterocycles. The zero-order valence-corrected chi connectivity index (χ0v) is 24.1. The molecular weight excluding hydrogens is 592 g/mol. The molecule has 1 unspecified atom stereocenters. The van der Waals surface area contributed by atoms with Crippen LogP contribution >= 0.6 is 34.7 Å².